The minimum atomic E-state index is 0.367. The van der Waals surface area contributed by atoms with Crippen LogP contribution in [0, 0.1) is 0 Å². The van der Waals surface area contributed by atoms with Crippen LogP contribution in [-0.2, 0) is 17.8 Å². The van der Waals surface area contributed by atoms with Crippen molar-refractivity contribution in [2.45, 2.75) is 51.9 Å². The van der Waals surface area contributed by atoms with Crippen LogP contribution in [0.1, 0.15) is 32.5 Å². The lowest BCUT2D eigenvalue weighted by Gasteiger charge is -2.28. The van der Waals surface area contributed by atoms with Gasteiger partial charge in [0.05, 0.1) is 23.7 Å². The van der Waals surface area contributed by atoms with Gasteiger partial charge >= 0.3 is 0 Å². The number of para-hydroxylation sites is 2. The van der Waals surface area contributed by atoms with Gasteiger partial charge < -0.3 is 14.6 Å². The molecule has 0 aliphatic carbocycles. The van der Waals surface area contributed by atoms with Crippen molar-refractivity contribution in [1.29, 1.82) is 0 Å². The highest BCUT2D eigenvalue weighted by molar-refractivity contribution is 5.75. The second-order valence-electron chi connectivity index (χ2n) is 5.54. The quantitative estimate of drug-likeness (QED) is 0.931. The monoisotopic (exact) mass is 273 g/mol. The summed E-state index contributed by atoms with van der Waals surface area (Å²) in [5.74, 6) is 1.13. The van der Waals surface area contributed by atoms with E-state index in [9.17, 15) is 0 Å². The molecule has 1 fully saturated rings. The number of benzene rings is 1. The zero-order valence-electron chi connectivity index (χ0n) is 12.3. The van der Waals surface area contributed by atoms with Gasteiger partial charge in [-0.1, -0.05) is 12.1 Å². The summed E-state index contributed by atoms with van der Waals surface area (Å²) in [6.45, 7) is 6.98. The second kappa shape index (κ2) is 5.94. The molecule has 2 unspecified atom stereocenters. The molecule has 1 aliphatic rings. The Kier molecular flexibility index (Phi) is 4.03. The van der Waals surface area contributed by atoms with Crippen LogP contribution >= 0.6 is 0 Å². The smallest absolute Gasteiger partial charge is 0.123 e. The minimum absolute atomic E-state index is 0.367. The summed E-state index contributed by atoms with van der Waals surface area (Å²) in [5, 5.41) is 3.64. The zero-order chi connectivity index (χ0) is 13.9. The molecular weight excluding hydrogens is 250 g/mol. The molecule has 2 aromatic rings. The molecule has 1 aromatic carbocycles. The molecule has 0 bridgehead atoms. The van der Waals surface area contributed by atoms with Crippen LogP contribution in [0.25, 0.3) is 11.0 Å². The highest BCUT2D eigenvalue weighted by atomic mass is 16.5. The molecule has 2 heterocycles. The molecule has 4 nitrogen and oxygen atoms in total. The van der Waals surface area contributed by atoms with Crippen LogP contribution in [0.15, 0.2) is 24.3 Å². The van der Waals surface area contributed by atoms with E-state index in [-0.39, 0.29) is 0 Å². The summed E-state index contributed by atoms with van der Waals surface area (Å²) in [7, 11) is 0. The fourth-order valence-electron chi connectivity index (χ4n) is 3.03. The minimum Gasteiger partial charge on any atom is -0.378 e. The molecule has 20 heavy (non-hydrogen) atoms. The van der Waals surface area contributed by atoms with Crippen LogP contribution in [0.3, 0.4) is 0 Å². The van der Waals surface area contributed by atoms with Gasteiger partial charge in [0, 0.05) is 19.2 Å². The maximum absolute atomic E-state index is 5.59. The predicted octanol–water partition coefficient (Wildman–Crippen LogP) is 2.71. The first kappa shape index (κ1) is 13.6. The maximum Gasteiger partial charge on any atom is 0.123 e. The number of hydrogen-bond donors (Lipinski definition) is 1. The summed E-state index contributed by atoms with van der Waals surface area (Å²) in [6, 6.07) is 8.90. The lowest BCUT2D eigenvalue weighted by Crippen LogP contribution is -2.38. The number of imidazole rings is 1. The van der Waals surface area contributed by atoms with E-state index in [4.69, 9.17) is 9.72 Å². The van der Waals surface area contributed by atoms with E-state index < -0.39 is 0 Å². The number of rotatable bonds is 4. The summed E-state index contributed by atoms with van der Waals surface area (Å²) in [6.07, 6.45) is 2.55. The van der Waals surface area contributed by atoms with Crippen molar-refractivity contribution in [3.8, 4) is 0 Å². The average molecular weight is 273 g/mol. The standard InChI is InChI=1S/C16H23N3O/c1-3-19-15-7-5-4-6-14(15)18-16(19)11-17-13-8-9-20-12(2)10-13/h4-7,12-13,17H,3,8-11H2,1-2H3. The van der Waals surface area contributed by atoms with E-state index in [1.165, 1.54) is 5.52 Å². The van der Waals surface area contributed by atoms with Gasteiger partial charge in [0.1, 0.15) is 5.82 Å². The Labute approximate surface area is 120 Å². The topological polar surface area (TPSA) is 39.1 Å². The van der Waals surface area contributed by atoms with Gasteiger partial charge in [0.25, 0.3) is 0 Å². The lowest BCUT2D eigenvalue weighted by atomic mass is 10.0. The van der Waals surface area contributed by atoms with Crippen molar-refractivity contribution in [3.05, 3.63) is 30.1 Å². The fourth-order valence-corrected chi connectivity index (χ4v) is 3.03. The van der Waals surface area contributed by atoms with E-state index in [1.807, 2.05) is 6.07 Å². The molecule has 108 valence electrons. The number of hydrogen-bond acceptors (Lipinski definition) is 3. The molecule has 3 rings (SSSR count). The molecule has 1 N–H and O–H groups in total. The van der Waals surface area contributed by atoms with Crippen LogP contribution in [0.5, 0.6) is 0 Å². The Morgan fingerprint density at radius 1 is 1.40 bits per heavy atom. The van der Waals surface area contributed by atoms with Gasteiger partial charge in [-0.25, -0.2) is 4.98 Å². The molecule has 1 aliphatic heterocycles. The molecule has 0 radical (unpaired) electrons. The molecular formula is C16H23N3O. The van der Waals surface area contributed by atoms with Crippen molar-refractivity contribution >= 4 is 11.0 Å². The molecule has 0 spiro atoms. The number of ether oxygens (including phenoxy) is 1. The first-order chi connectivity index (χ1) is 9.78. The average Bonchev–Trinajstić information content (AvgIpc) is 2.82. The first-order valence-electron chi connectivity index (χ1n) is 7.57. The highest BCUT2D eigenvalue weighted by Gasteiger charge is 2.19. The Morgan fingerprint density at radius 2 is 2.25 bits per heavy atom. The molecule has 0 saturated carbocycles. The largest absolute Gasteiger partial charge is 0.378 e. The molecule has 0 amide bonds. The maximum atomic E-state index is 5.59. The molecule has 2 atom stereocenters. The highest BCUT2D eigenvalue weighted by Crippen LogP contribution is 2.17. The Morgan fingerprint density at radius 3 is 3.05 bits per heavy atom. The Balaban J connectivity index is 1.73. The van der Waals surface area contributed by atoms with Gasteiger partial charge in [0.2, 0.25) is 0 Å². The van der Waals surface area contributed by atoms with Crippen molar-refractivity contribution in [3.63, 3.8) is 0 Å². The molecule has 1 aromatic heterocycles. The van der Waals surface area contributed by atoms with E-state index in [2.05, 4.69) is 41.9 Å². The van der Waals surface area contributed by atoms with Gasteiger partial charge in [-0.3, -0.25) is 0 Å². The van der Waals surface area contributed by atoms with E-state index in [1.54, 1.807) is 0 Å². The Hall–Kier alpha value is -1.39. The van der Waals surface area contributed by atoms with Crippen LogP contribution in [0.4, 0.5) is 0 Å². The SMILES string of the molecule is CCn1c(CNC2CCOC(C)C2)nc2ccccc21. The van der Waals surface area contributed by atoms with Gasteiger partial charge in [-0.05, 0) is 38.8 Å². The van der Waals surface area contributed by atoms with Crippen molar-refractivity contribution in [2.24, 2.45) is 0 Å². The molecule has 1 saturated heterocycles. The Bertz CT molecular complexity index is 578. The van der Waals surface area contributed by atoms with E-state index >= 15 is 0 Å². The summed E-state index contributed by atoms with van der Waals surface area (Å²) in [5.41, 5.74) is 2.32. The van der Waals surface area contributed by atoms with E-state index in [0.29, 0.717) is 12.1 Å². The number of aromatic nitrogens is 2. The third-order valence-electron chi connectivity index (χ3n) is 4.08. The summed E-state index contributed by atoms with van der Waals surface area (Å²) in [4.78, 5) is 4.76. The van der Waals surface area contributed by atoms with Crippen LogP contribution in [-0.4, -0.2) is 28.3 Å². The lowest BCUT2D eigenvalue weighted by molar-refractivity contribution is 0.0129. The normalized spacial score (nSPS) is 23.3. The number of nitrogens with zero attached hydrogens (tertiary/aromatic N) is 2. The number of fused-ring (bicyclic) bond motifs is 1. The van der Waals surface area contributed by atoms with Crippen LogP contribution in [0.2, 0.25) is 0 Å². The first-order valence-corrected chi connectivity index (χ1v) is 7.57. The second-order valence-corrected chi connectivity index (χ2v) is 5.54. The van der Waals surface area contributed by atoms with Crippen molar-refractivity contribution in [2.75, 3.05) is 6.61 Å². The fraction of sp³-hybridized carbons (Fsp3) is 0.562. The van der Waals surface area contributed by atoms with Gasteiger partial charge in [-0.2, -0.15) is 0 Å². The summed E-state index contributed by atoms with van der Waals surface area (Å²) >= 11 is 0. The van der Waals surface area contributed by atoms with Crippen molar-refractivity contribution < 1.29 is 4.74 Å². The summed E-state index contributed by atoms with van der Waals surface area (Å²) < 4.78 is 7.89. The zero-order valence-corrected chi connectivity index (χ0v) is 12.3. The van der Waals surface area contributed by atoms with Gasteiger partial charge in [0.15, 0.2) is 0 Å². The number of aryl methyl sites for hydroxylation is 1. The molecule has 4 heteroatoms. The van der Waals surface area contributed by atoms with Crippen molar-refractivity contribution in [1.82, 2.24) is 14.9 Å². The van der Waals surface area contributed by atoms with E-state index in [0.717, 1.165) is 43.9 Å². The van der Waals surface area contributed by atoms with Crippen LogP contribution < -0.4 is 5.32 Å². The van der Waals surface area contributed by atoms with Gasteiger partial charge in [-0.15, -0.1) is 0 Å². The third-order valence-corrected chi connectivity index (χ3v) is 4.08. The number of nitrogens with one attached hydrogen (secondary N) is 1. The predicted molar refractivity (Wildman–Crippen MR) is 80.7 cm³/mol. The third kappa shape index (κ3) is 2.72.